The second-order valence-electron chi connectivity index (χ2n) is 3.34. The average Bonchev–Trinajstić information content (AvgIpc) is 2.04. The van der Waals surface area contributed by atoms with Crippen LogP contribution in [0.25, 0.3) is 0 Å². The SMILES string of the molecule is C=CCSCC(=O)NCCC(C)C. The Morgan fingerprint density at radius 1 is 1.62 bits per heavy atom. The fourth-order valence-electron chi connectivity index (χ4n) is 0.786. The molecule has 0 aliphatic carbocycles. The van der Waals surface area contributed by atoms with E-state index in [0.29, 0.717) is 11.7 Å². The van der Waals surface area contributed by atoms with Gasteiger partial charge < -0.3 is 5.32 Å². The van der Waals surface area contributed by atoms with Crippen LogP contribution >= 0.6 is 11.8 Å². The molecule has 0 atom stereocenters. The van der Waals surface area contributed by atoms with Crippen molar-refractivity contribution < 1.29 is 4.79 Å². The summed E-state index contributed by atoms with van der Waals surface area (Å²) in [6.45, 7) is 8.69. The van der Waals surface area contributed by atoms with Crippen molar-refractivity contribution in [3.63, 3.8) is 0 Å². The molecule has 0 aromatic rings. The number of nitrogens with one attached hydrogen (secondary N) is 1. The number of thioether (sulfide) groups is 1. The standard InChI is InChI=1S/C10H19NOS/c1-4-7-13-8-10(12)11-6-5-9(2)3/h4,9H,1,5-8H2,2-3H3,(H,11,12). The maximum atomic E-state index is 11.1. The molecule has 3 heteroatoms. The summed E-state index contributed by atoms with van der Waals surface area (Å²) in [5, 5.41) is 2.88. The van der Waals surface area contributed by atoms with Gasteiger partial charge in [0.1, 0.15) is 0 Å². The molecule has 0 saturated carbocycles. The number of rotatable bonds is 7. The van der Waals surface area contributed by atoms with E-state index in [-0.39, 0.29) is 5.91 Å². The molecule has 1 N–H and O–H groups in total. The van der Waals surface area contributed by atoms with Crippen molar-refractivity contribution in [2.75, 3.05) is 18.1 Å². The zero-order valence-electron chi connectivity index (χ0n) is 8.51. The third kappa shape index (κ3) is 9.47. The topological polar surface area (TPSA) is 29.1 Å². The highest BCUT2D eigenvalue weighted by Crippen LogP contribution is 1.99. The lowest BCUT2D eigenvalue weighted by atomic mass is 10.1. The molecule has 13 heavy (non-hydrogen) atoms. The molecule has 0 rings (SSSR count). The lowest BCUT2D eigenvalue weighted by Crippen LogP contribution is -2.26. The molecule has 0 radical (unpaired) electrons. The Hall–Kier alpha value is -0.440. The zero-order valence-corrected chi connectivity index (χ0v) is 9.32. The number of carbonyl (C=O) groups excluding carboxylic acids is 1. The van der Waals surface area contributed by atoms with Gasteiger partial charge in [-0.1, -0.05) is 19.9 Å². The number of hydrogen-bond donors (Lipinski definition) is 1. The molecule has 0 aliphatic heterocycles. The van der Waals surface area contributed by atoms with E-state index in [1.165, 1.54) is 0 Å². The smallest absolute Gasteiger partial charge is 0.230 e. The molecule has 76 valence electrons. The predicted molar refractivity (Wildman–Crippen MR) is 60.0 cm³/mol. The van der Waals surface area contributed by atoms with Crippen LogP contribution < -0.4 is 5.32 Å². The predicted octanol–water partition coefficient (Wildman–Crippen LogP) is 2.07. The molecule has 0 aromatic heterocycles. The van der Waals surface area contributed by atoms with Crippen molar-refractivity contribution in [2.24, 2.45) is 5.92 Å². The minimum Gasteiger partial charge on any atom is -0.355 e. The van der Waals surface area contributed by atoms with Gasteiger partial charge in [-0.25, -0.2) is 0 Å². The van der Waals surface area contributed by atoms with Gasteiger partial charge in [0.25, 0.3) is 0 Å². The fourth-order valence-corrected chi connectivity index (χ4v) is 1.36. The van der Waals surface area contributed by atoms with Gasteiger partial charge in [0.15, 0.2) is 0 Å². The molecule has 0 aliphatic rings. The van der Waals surface area contributed by atoms with Crippen molar-refractivity contribution in [1.82, 2.24) is 5.32 Å². The minimum absolute atomic E-state index is 0.132. The van der Waals surface area contributed by atoms with Gasteiger partial charge in [0.05, 0.1) is 5.75 Å². The van der Waals surface area contributed by atoms with Crippen molar-refractivity contribution >= 4 is 17.7 Å². The normalized spacial score (nSPS) is 10.1. The third-order valence-electron chi connectivity index (χ3n) is 1.51. The highest BCUT2D eigenvalue weighted by Gasteiger charge is 2.00. The lowest BCUT2D eigenvalue weighted by molar-refractivity contribution is -0.118. The Balaban J connectivity index is 3.25. The molecule has 0 heterocycles. The maximum Gasteiger partial charge on any atom is 0.230 e. The summed E-state index contributed by atoms with van der Waals surface area (Å²) < 4.78 is 0. The Bertz CT molecular complexity index is 157. The van der Waals surface area contributed by atoms with Gasteiger partial charge in [-0.2, -0.15) is 0 Å². The first-order chi connectivity index (χ1) is 6.16. The van der Waals surface area contributed by atoms with E-state index >= 15 is 0 Å². The summed E-state index contributed by atoms with van der Waals surface area (Å²) in [5.41, 5.74) is 0. The molecule has 0 spiro atoms. The molecular formula is C10H19NOS. The molecular weight excluding hydrogens is 182 g/mol. The van der Waals surface area contributed by atoms with Gasteiger partial charge in [0, 0.05) is 12.3 Å². The van der Waals surface area contributed by atoms with Crippen LogP contribution in [0.15, 0.2) is 12.7 Å². The Labute approximate surface area is 85.2 Å². The molecule has 0 fully saturated rings. The first kappa shape index (κ1) is 12.6. The van der Waals surface area contributed by atoms with Gasteiger partial charge in [0.2, 0.25) is 5.91 Å². The zero-order chi connectivity index (χ0) is 10.1. The van der Waals surface area contributed by atoms with E-state index in [9.17, 15) is 4.79 Å². The Morgan fingerprint density at radius 3 is 2.85 bits per heavy atom. The molecule has 2 nitrogen and oxygen atoms in total. The molecule has 0 unspecified atom stereocenters. The van der Waals surface area contributed by atoms with E-state index in [4.69, 9.17) is 0 Å². The largest absolute Gasteiger partial charge is 0.355 e. The second kappa shape index (κ2) is 8.17. The van der Waals surface area contributed by atoms with Crippen molar-refractivity contribution in [1.29, 1.82) is 0 Å². The van der Waals surface area contributed by atoms with Crippen molar-refractivity contribution in [3.05, 3.63) is 12.7 Å². The maximum absolute atomic E-state index is 11.1. The van der Waals surface area contributed by atoms with Crippen LogP contribution in [0.3, 0.4) is 0 Å². The quantitative estimate of drug-likeness (QED) is 0.504. The van der Waals surface area contributed by atoms with E-state index in [2.05, 4.69) is 25.7 Å². The van der Waals surface area contributed by atoms with E-state index in [1.807, 2.05) is 6.08 Å². The molecule has 1 amide bonds. The highest BCUT2D eigenvalue weighted by molar-refractivity contribution is 8.00. The number of amides is 1. The lowest BCUT2D eigenvalue weighted by Gasteiger charge is -2.06. The van der Waals surface area contributed by atoms with Crippen molar-refractivity contribution in [2.45, 2.75) is 20.3 Å². The number of hydrogen-bond acceptors (Lipinski definition) is 2. The van der Waals surface area contributed by atoms with E-state index in [0.717, 1.165) is 18.7 Å². The molecule has 0 aromatic carbocycles. The molecule has 0 bridgehead atoms. The number of carbonyl (C=O) groups is 1. The van der Waals surface area contributed by atoms with Crippen LogP contribution in [0.2, 0.25) is 0 Å². The Morgan fingerprint density at radius 2 is 2.31 bits per heavy atom. The van der Waals surface area contributed by atoms with Crippen molar-refractivity contribution in [3.8, 4) is 0 Å². The van der Waals surface area contributed by atoms with Gasteiger partial charge >= 0.3 is 0 Å². The van der Waals surface area contributed by atoms with Crippen LogP contribution in [0.4, 0.5) is 0 Å². The Kier molecular flexibility index (Phi) is 7.90. The van der Waals surface area contributed by atoms with E-state index in [1.54, 1.807) is 11.8 Å². The van der Waals surface area contributed by atoms with E-state index < -0.39 is 0 Å². The van der Waals surface area contributed by atoms with Gasteiger partial charge in [-0.15, -0.1) is 18.3 Å². The fraction of sp³-hybridized carbons (Fsp3) is 0.700. The third-order valence-corrected chi connectivity index (χ3v) is 2.45. The van der Waals surface area contributed by atoms with Gasteiger partial charge in [-0.3, -0.25) is 4.79 Å². The summed E-state index contributed by atoms with van der Waals surface area (Å²) >= 11 is 1.59. The second-order valence-corrected chi connectivity index (χ2v) is 4.37. The average molecular weight is 201 g/mol. The summed E-state index contributed by atoms with van der Waals surface area (Å²) in [4.78, 5) is 11.1. The monoisotopic (exact) mass is 201 g/mol. The summed E-state index contributed by atoms with van der Waals surface area (Å²) in [6.07, 6.45) is 2.87. The van der Waals surface area contributed by atoms with Crippen LogP contribution in [-0.2, 0) is 4.79 Å². The molecule has 0 saturated heterocycles. The first-order valence-electron chi connectivity index (χ1n) is 4.62. The highest BCUT2D eigenvalue weighted by atomic mass is 32.2. The van der Waals surface area contributed by atoms with Crippen LogP contribution in [-0.4, -0.2) is 24.0 Å². The van der Waals surface area contributed by atoms with Crippen LogP contribution in [0.5, 0.6) is 0 Å². The summed E-state index contributed by atoms with van der Waals surface area (Å²) in [7, 11) is 0. The van der Waals surface area contributed by atoms with Gasteiger partial charge in [-0.05, 0) is 12.3 Å². The minimum atomic E-state index is 0.132. The van der Waals surface area contributed by atoms with Crippen LogP contribution in [0, 0.1) is 5.92 Å². The summed E-state index contributed by atoms with van der Waals surface area (Å²) in [5.74, 6) is 2.18. The van der Waals surface area contributed by atoms with Crippen LogP contribution in [0.1, 0.15) is 20.3 Å². The summed E-state index contributed by atoms with van der Waals surface area (Å²) in [6, 6.07) is 0. The first-order valence-corrected chi connectivity index (χ1v) is 5.77.